The van der Waals surface area contributed by atoms with E-state index in [9.17, 15) is 10.1 Å². The number of amides is 1. The summed E-state index contributed by atoms with van der Waals surface area (Å²) in [5, 5.41) is 16.4. The normalized spacial score (nSPS) is 17.1. The number of rotatable bonds is 4. The fraction of sp³-hybridized carbons (Fsp3) is 0.242. The summed E-state index contributed by atoms with van der Waals surface area (Å²) in [6.07, 6.45) is 2.32. The van der Waals surface area contributed by atoms with Crippen LogP contribution in [0.25, 0.3) is 22.0 Å². The van der Waals surface area contributed by atoms with E-state index in [1.807, 2.05) is 29.2 Å². The van der Waals surface area contributed by atoms with Gasteiger partial charge in [0, 0.05) is 60.2 Å². The molecule has 1 spiro atoms. The van der Waals surface area contributed by atoms with Crippen LogP contribution in [0.5, 0.6) is 0 Å². The van der Waals surface area contributed by atoms with E-state index < -0.39 is 0 Å². The van der Waals surface area contributed by atoms with Gasteiger partial charge < -0.3 is 9.80 Å². The van der Waals surface area contributed by atoms with Crippen molar-refractivity contribution in [1.29, 1.82) is 5.26 Å². The number of pyridine rings is 1. The highest BCUT2D eigenvalue weighted by Crippen LogP contribution is 2.45. The van der Waals surface area contributed by atoms with E-state index in [2.05, 4.69) is 77.1 Å². The van der Waals surface area contributed by atoms with Crippen LogP contribution in [0.15, 0.2) is 79.4 Å². The Morgan fingerprint density at radius 2 is 1.88 bits per heavy atom. The smallest absolute Gasteiger partial charge is 0.245 e. The van der Waals surface area contributed by atoms with Gasteiger partial charge in [0.1, 0.15) is 17.5 Å². The number of likely N-dealkylation sites (tertiary alicyclic amines) is 1. The fourth-order valence-corrected chi connectivity index (χ4v) is 6.95. The largest absolute Gasteiger partial charge is 0.355 e. The van der Waals surface area contributed by atoms with E-state index in [0.29, 0.717) is 29.5 Å². The average Bonchev–Trinajstić information content (AvgIpc) is 3.57. The van der Waals surface area contributed by atoms with Gasteiger partial charge in [-0.25, -0.2) is 4.98 Å². The number of halogens is 1. The summed E-state index contributed by atoms with van der Waals surface area (Å²) in [6.45, 7) is 7.32. The first kappa shape index (κ1) is 25.4. The van der Waals surface area contributed by atoms with Crippen molar-refractivity contribution in [2.45, 2.75) is 13.0 Å². The van der Waals surface area contributed by atoms with Crippen molar-refractivity contribution >= 4 is 45.6 Å². The van der Waals surface area contributed by atoms with Crippen LogP contribution < -0.4 is 14.9 Å². The van der Waals surface area contributed by atoms with Gasteiger partial charge in [0.05, 0.1) is 23.4 Å². The third kappa shape index (κ3) is 4.01. The molecule has 204 valence electrons. The maximum absolute atomic E-state index is 12.1. The molecule has 41 heavy (non-hydrogen) atoms. The predicted octanol–water partition coefficient (Wildman–Crippen LogP) is 6.02. The zero-order valence-corrected chi connectivity index (χ0v) is 23.6. The van der Waals surface area contributed by atoms with Crippen LogP contribution in [0.3, 0.4) is 0 Å². The van der Waals surface area contributed by atoms with Crippen molar-refractivity contribution < 1.29 is 4.79 Å². The van der Waals surface area contributed by atoms with Crippen LogP contribution in [-0.2, 0) is 11.3 Å². The molecule has 3 aromatic carbocycles. The second-order valence-corrected chi connectivity index (χ2v) is 11.7. The molecule has 3 aliphatic heterocycles. The number of hydrogen-bond donors (Lipinski definition) is 0. The molecular weight excluding hydrogens is 532 g/mol. The lowest BCUT2D eigenvalue weighted by Gasteiger charge is -2.47. The van der Waals surface area contributed by atoms with Gasteiger partial charge in [0.25, 0.3) is 0 Å². The zero-order chi connectivity index (χ0) is 28.3. The molecule has 0 atom stereocenters. The number of anilines is 3. The van der Waals surface area contributed by atoms with Crippen molar-refractivity contribution in [3.05, 3.63) is 95.5 Å². The predicted molar refractivity (Wildman–Crippen MR) is 164 cm³/mol. The lowest BCUT2D eigenvalue weighted by atomic mass is 9.79. The molecule has 4 aromatic rings. The van der Waals surface area contributed by atoms with Crippen LogP contribution in [0.4, 0.5) is 17.2 Å². The first-order valence-corrected chi connectivity index (χ1v) is 14.2. The number of carbonyl (C=O) groups excluding carboxylic acids is 1. The average molecular weight is 561 g/mol. The fourth-order valence-electron chi connectivity index (χ4n) is 6.72. The molecule has 2 saturated heterocycles. The zero-order valence-electron chi connectivity index (χ0n) is 22.8. The van der Waals surface area contributed by atoms with Crippen molar-refractivity contribution in [3.8, 4) is 17.2 Å². The molecule has 7 nitrogen and oxygen atoms in total. The third-order valence-electron chi connectivity index (χ3n) is 8.80. The van der Waals surface area contributed by atoms with Crippen molar-refractivity contribution in [2.75, 3.05) is 48.1 Å². The summed E-state index contributed by atoms with van der Waals surface area (Å²) in [5.41, 5.74) is 6.46. The number of hydrazine groups is 1. The Morgan fingerprint density at radius 3 is 2.63 bits per heavy atom. The van der Waals surface area contributed by atoms with Crippen LogP contribution in [0.2, 0.25) is 5.02 Å². The lowest BCUT2D eigenvalue weighted by molar-refractivity contribution is -0.136. The molecule has 1 aromatic heterocycles. The maximum atomic E-state index is 12.1. The van der Waals surface area contributed by atoms with Gasteiger partial charge in [-0.3, -0.25) is 14.8 Å². The second-order valence-electron chi connectivity index (χ2n) is 11.3. The monoisotopic (exact) mass is 560 g/mol. The first-order chi connectivity index (χ1) is 19.9. The van der Waals surface area contributed by atoms with Crippen molar-refractivity contribution in [1.82, 2.24) is 9.88 Å². The molecule has 0 saturated carbocycles. The van der Waals surface area contributed by atoms with Gasteiger partial charge in [0.15, 0.2) is 0 Å². The maximum Gasteiger partial charge on any atom is 0.245 e. The number of para-hydroxylation sites is 1. The molecule has 1 amide bonds. The van der Waals surface area contributed by atoms with Gasteiger partial charge in [-0.05, 0) is 42.3 Å². The Balaban J connectivity index is 1.34. The van der Waals surface area contributed by atoms with Gasteiger partial charge in [0.2, 0.25) is 5.91 Å². The summed E-state index contributed by atoms with van der Waals surface area (Å²) in [5.74, 6) is 0.647. The van der Waals surface area contributed by atoms with Gasteiger partial charge in [-0.15, -0.1) is 0 Å². The minimum Gasteiger partial charge on any atom is -0.355 e. The van der Waals surface area contributed by atoms with Crippen LogP contribution >= 0.6 is 11.6 Å². The molecule has 2 fully saturated rings. The Kier molecular flexibility index (Phi) is 5.91. The first-order valence-electron chi connectivity index (χ1n) is 13.8. The number of hydrogen-bond acceptors (Lipinski definition) is 6. The number of benzene rings is 3. The summed E-state index contributed by atoms with van der Waals surface area (Å²) in [4.78, 5) is 21.3. The number of nitriles is 1. The molecule has 0 unspecified atom stereocenters. The topological polar surface area (TPSA) is 66.7 Å². The number of fused-ring (bicyclic) bond motifs is 2. The molecule has 0 radical (unpaired) electrons. The van der Waals surface area contributed by atoms with E-state index in [-0.39, 0.29) is 11.3 Å². The molecular formula is C33H29ClN6O. The minimum atomic E-state index is -0.0295. The number of nitrogens with zero attached hydrogens (tertiary/aromatic N) is 6. The van der Waals surface area contributed by atoms with Crippen LogP contribution in [0, 0.1) is 16.7 Å². The quantitative estimate of drug-likeness (QED) is 0.284. The van der Waals surface area contributed by atoms with Crippen LogP contribution in [0.1, 0.15) is 17.5 Å². The summed E-state index contributed by atoms with van der Waals surface area (Å²) < 4.78 is 0. The van der Waals surface area contributed by atoms with Crippen molar-refractivity contribution in [2.24, 2.45) is 5.41 Å². The molecule has 0 bridgehead atoms. The standard InChI is InChI=1S/C33H29ClN6O/c1-3-30(41)39-20-33(21-39)14-15-38(19-33)32-26(17-35)31(24-9-5-6-10-27(24)34)25-13-12-23(16-28(25)36-32)40-18-22-8-4-7-11-29(22)37(40)2/h3-13,16H,1,14-15,18-21H2,2H3. The molecule has 8 heteroatoms. The Labute approximate surface area is 244 Å². The van der Waals surface area contributed by atoms with E-state index in [0.717, 1.165) is 53.8 Å². The second kappa shape index (κ2) is 9.53. The van der Waals surface area contributed by atoms with Gasteiger partial charge >= 0.3 is 0 Å². The summed E-state index contributed by atoms with van der Waals surface area (Å²) in [7, 11) is 2.07. The summed E-state index contributed by atoms with van der Waals surface area (Å²) in [6, 6.07) is 24.9. The number of aromatic nitrogens is 1. The SMILES string of the molecule is C=CC(=O)N1CC2(CCN(c3nc4cc(N5Cc6ccccc6N5C)ccc4c(-c4ccccc4Cl)c3C#N)C2)C1. The lowest BCUT2D eigenvalue weighted by Crippen LogP contribution is -2.59. The molecule has 0 aliphatic carbocycles. The molecule has 3 aliphatic rings. The third-order valence-corrected chi connectivity index (χ3v) is 9.13. The molecule has 0 N–H and O–H groups in total. The Bertz CT molecular complexity index is 1770. The number of carbonyl (C=O) groups is 1. The minimum absolute atomic E-state index is 0.0124. The Morgan fingerprint density at radius 1 is 1.10 bits per heavy atom. The summed E-state index contributed by atoms with van der Waals surface area (Å²) >= 11 is 6.74. The molecule has 4 heterocycles. The van der Waals surface area contributed by atoms with E-state index in [1.54, 1.807) is 0 Å². The van der Waals surface area contributed by atoms with E-state index >= 15 is 0 Å². The van der Waals surface area contributed by atoms with Crippen molar-refractivity contribution in [3.63, 3.8) is 0 Å². The van der Waals surface area contributed by atoms with Gasteiger partial charge in [-0.2, -0.15) is 5.26 Å². The van der Waals surface area contributed by atoms with Gasteiger partial charge in [-0.1, -0.05) is 60.6 Å². The Hall–Kier alpha value is -4.54. The molecule has 7 rings (SSSR count). The van der Waals surface area contributed by atoms with Crippen LogP contribution in [-0.4, -0.2) is 49.0 Å². The van der Waals surface area contributed by atoms with E-state index in [1.165, 1.54) is 17.3 Å². The van der Waals surface area contributed by atoms with E-state index in [4.69, 9.17) is 16.6 Å². The highest BCUT2D eigenvalue weighted by Gasteiger charge is 2.49. The highest BCUT2D eigenvalue weighted by molar-refractivity contribution is 6.34. The highest BCUT2D eigenvalue weighted by atomic mass is 35.5.